The van der Waals surface area contributed by atoms with Crippen LogP contribution in [-0.2, 0) is 41.5 Å². The quantitative estimate of drug-likeness (QED) is 0.274. The minimum Gasteiger partial charge on any atom is -0.467 e. The third-order valence-electron chi connectivity index (χ3n) is 9.02. The number of amides is 2. The number of rotatable bonds is 10. The van der Waals surface area contributed by atoms with Gasteiger partial charge in [-0.15, -0.1) is 0 Å². The van der Waals surface area contributed by atoms with E-state index in [2.05, 4.69) is 15.5 Å². The van der Waals surface area contributed by atoms with Crippen molar-refractivity contribution >= 4 is 17.7 Å². The molecular weight excluding hydrogens is 602 g/mol. The molecule has 1 spiro atoms. The topological polar surface area (TPSA) is 128 Å². The lowest BCUT2D eigenvalue weighted by molar-refractivity contribution is -0.255. The number of urea groups is 1. The van der Waals surface area contributed by atoms with Crippen molar-refractivity contribution in [2.75, 3.05) is 45.3 Å². The Hall–Kier alpha value is -3.84. The average Bonchev–Trinajstić information content (AvgIpc) is 3.57. The molecule has 0 saturated carbocycles. The number of aliphatic hydroxyl groups is 1. The maximum Gasteiger partial charge on any atom is 0.328 e. The van der Waals surface area contributed by atoms with Gasteiger partial charge < -0.3 is 44.3 Å². The first-order valence-electron chi connectivity index (χ1n) is 16.2. The van der Waals surface area contributed by atoms with Crippen molar-refractivity contribution < 1.29 is 38.4 Å². The highest BCUT2D eigenvalue weighted by Gasteiger charge is 2.41. The summed E-state index contributed by atoms with van der Waals surface area (Å²) in [7, 11) is 1.30. The number of ether oxygens (including phenoxy) is 5. The smallest absolute Gasteiger partial charge is 0.328 e. The summed E-state index contributed by atoms with van der Waals surface area (Å²) < 4.78 is 29.8. The van der Waals surface area contributed by atoms with Gasteiger partial charge >= 0.3 is 12.0 Å². The van der Waals surface area contributed by atoms with Crippen LogP contribution in [0.25, 0.3) is 0 Å². The second-order valence-corrected chi connectivity index (χ2v) is 12.2. The van der Waals surface area contributed by atoms with Crippen LogP contribution in [0.5, 0.6) is 0 Å². The number of nitrogens with one attached hydrogen (secondary N) is 2. The number of benzene rings is 3. The second-order valence-electron chi connectivity index (χ2n) is 12.2. The number of anilines is 1. The Morgan fingerprint density at radius 2 is 1.60 bits per heavy atom. The maximum atomic E-state index is 12.9. The fourth-order valence-corrected chi connectivity index (χ4v) is 6.42. The molecule has 3 fully saturated rings. The number of likely N-dealkylation sites (tertiary alicyclic amines) is 1. The monoisotopic (exact) mass is 645 g/mol. The fraction of sp³-hybridized carbons (Fsp3) is 0.444. The molecule has 47 heavy (non-hydrogen) atoms. The third kappa shape index (κ3) is 8.55. The van der Waals surface area contributed by atoms with E-state index in [4.69, 9.17) is 23.7 Å². The molecule has 0 radical (unpaired) electrons. The van der Waals surface area contributed by atoms with Crippen LogP contribution in [0.4, 0.5) is 10.5 Å². The van der Waals surface area contributed by atoms with Gasteiger partial charge in [0.2, 0.25) is 0 Å². The minimum atomic E-state index is -0.838. The highest BCUT2D eigenvalue weighted by molar-refractivity contribution is 5.92. The molecule has 3 heterocycles. The molecule has 250 valence electrons. The Morgan fingerprint density at radius 1 is 0.915 bits per heavy atom. The Bertz CT molecular complexity index is 1450. The summed E-state index contributed by atoms with van der Waals surface area (Å²) in [6.45, 7) is 3.79. The second kappa shape index (κ2) is 15.4. The maximum absolute atomic E-state index is 12.9. The first-order chi connectivity index (χ1) is 22.9. The summed E-state index contributed by atoms with van der Waals surface area (Å²) in [6.07, 6.45) is 1.76. The number of piperidine rings is 1. The van der Waals surface area contributed by atoms with Gasteiger partial charge in [-0.05, 0) is 28.8 Å². The predicted molar refractivity (Wildman–Crippen MR) is 173 cm³/mol. The van der Waals surface area contributed by atoms with Gasteiger partial charge in [0.05, 0.1) is 39.1 Å². The van der Waals surface area contributed by atoms with Gasteiger partial charge in [0, 0.05) is 56.6 Å². The number of esters is 1. The molecule has 11 heteroatoms. The molecule has 3 aromatic rings. The zero-order valence-corrected chi connectivity index (χ0v) is 26.6. The average molecular weight is 646 g/mol. The Morgan fingerprint density at radius 3 is 2.26 bits per heavy atom. The lowest BCUT2D eigenvalue weighted by Gasteiger charge is -2.41. The molecule has 11 nitrogen and oxygen atoms in total. The van der Waals surface area contributed by atoms with Gasteiger partial charge in [0.15, 0.2) is 12.1 Å². The number of carbonyl (C=O) groups is 2. The highest BCUT2D eigenvalue weighted by Crippen LogP contribution is 2.39. The summed E-state index contributed by atoms with van der Waals surface area (Å²) in [6, 6.07) is 23.2. The molecule has 0 bridgehead atoms. The molecule has 4 unspecified atom stereocenters. The minimum absolute atomic E-state index is 0.0151. The Labute approximate surface area is 275 Å². The molecule has 0 aliphatic carbocycles. The first kappa shape index (κ1) is 33.1. The number of carbonyl (C=O) groups excluding carboxylic acids is 2. The first-order valence-corrected chi connectivity index (χ1v) is 16.2. The summed E-state index contributed by atoms with van der Waals surface area (Å²) in [4.78, 5) is 27.6. The molecule has 3 aliphatic rings. The summed E-state index contributed by atoms with van der Waals surface area (Å²) >= 11 is 0. The normalized spacial score (nSPS) is 23.2. The van der Waals surface area contributed by atoms with Gasteiger partial charge in [-0.1, -0.05) is 66.7 Å². The van der Waals surface area contributed by atoms with E-state index in [0.717, 1.165) is 54.7 Å². The van der Waals surface area contributed by atoms with Crippen LogP contribution in [-0.4, -0.2) is 79.9 Å². The van der Waals surface area contributed by atoms with Crippen LogP contribution in [0, 0.1) is 0 Å². The van der Waals surface area contributed by atoms with Gasteiger partial charge in [0.1, 0.15) is 6.04 Å². The summed E-state index contributed by atoms with van der Waals surface area (Å²) in [5.41, 5.74) is 4.15. The molecule has 3 N–H and O–H groups in total. The van der Waals surface area contributed by atoms with Crippen molar-refractivity contribution in [1.82, 2.24) is 10.2 Å². The van der Waals surface area contributed by atoms with E-state index in [-0.39, 0.29) is 18.8 Å². The zero-order valence-electron chi connectivity index (χ0n) is 26.6. The van der Waals surface area contributed by atoms with Crippen molar-refractivity contribution in [2.45, 2.75) is 62.6 Å². The van der Waals surface area contributed by atoms with E-state index < -0.39 is 30.1 Å². The van der Waals surface area contributed by atoms with Crippen LogP contribution in [0.1, 0.15) is 53.9 Å². The van der Waals surface area contributed by atoms with Gasteiger partial charge in [-0.25, -0.2) is 9.59 Å². The van der Waals surface area contributed by atoms with Gasteiger partial charge in [-0.3, -0.25) is 0 Å². The fourth-order valence-electron chi connectivity index (χ4n) is 6.42. The summed E-state index contributed by atoms with van der Waals surface area (Å²) in [5, 5.41) is 15.1. The molecule has 2 amide bonds. The SMILES string of the molecule is COC(=O)C(Cc1ccccc1)NC(=O)Nc1ccc(C2OC(CN3CCC4(CC3)OCCO4)CC(c3ccc(CO)cc3)O2)cc1. The van der Waals surface area contributed by atoms with E-state index in [1.807, 2.05) is 66.7 Å². The Kier molecular flexibility index (Phi) is 10.8. The van der Waals surface area contributed by atoms with Crippen LogP contribution in [0.3, 0.4) is 0 Å². The molecule has 0 aromatic heterocycles. The Balaban J connectivity index is 1.10. The van der Waals surface area contributed by atoms with Gasteiger partial charge in [-0.2, -0.15) is 0 Å². The van der Waals surface area contributed by atoms with Crippen LogP contribution >= 0.6 is 0 Å². The van der Waals surface area contributed by atoms with E-state index in [0.29, 0.717) is 31.7 Å². The standard InChI is InChI=1S/C36H43N3O8/c1-43-33(41)31(21-25-5-3-2-4-6-25)38-35(42)37-29-13-11-28(12-14-29)34-46-30(22-32(47-34)27-9-7-26(24-40)8-10-27)23-39-17-15-36(16-18-39)44-19-20-45-36/h2-14,30-32,34,40H,15-24H2,1H3,(H2,37,38,42). The van der Waals surface area contributed by atoms with Crippen molar-refractivity contribution in [3.63, 3.8) is 0 Å². The molecule has 3 saturated heterocycles. The van der Waals surface area contributed by atoms with E-state index in [1.165, 1.54) is 7.11 Å². The lowest BCUT2D eigenvalue weighted by atomic mass is 9.98. The van der Waals surface area contributed by atoms with Crippen LogP contribution in [0.2, 0.25) is 0 Å². The van der Waals surface area contributed by atoms with Crippen LogP contribution < -0.4 is 10.6 Å². The van der Waals surface area contributed by atoms with Crippen LogP contribution in [0.15, 0.2) is 78.9 Å². The van der Waals surface area contributed by atoms with Crippen molar-refractivity contribution in [2.24, 2.45) is 0 Å². The van der Waals surface area contributed by atoms with E-state index in [1.54, 1.807) is 12.1 Å². The summed E-state index contributed by atoms with van der Waals surface area (Å²) in [5.74, 6) is -0.952. The molecular formula is C36H43N3O8. The third-order valence-corrected chi connectivity index (χ3v) is 9.02. The number of hydrogen-bond acceptors (Lipinski definition) is 9. The van der Waals surface area contributed by atoms with Gasteiger partial charge in [0.25, 0.3) is 0 Å². The largest absolute Gasteiger partial charge is 0.467 e. The number of hydrogen-bond donors (Lipinski definition) is 3. The predicted octanol–water partition coefficient (Wildman–Crippen LogP) is 4.47. The molecule has 4 atom stereocenters. The highest BCUT2D eigenvalue weighted by atomic mass is 16.7. The molecule has 3 aromatic carbocycles. The van der Waals surface area contributed by atoms with Crippen molar-refractivity contribution in [3.8, 4) is 0 Å². The van der Waals surface area contributed by atoms with E-state index >= 15 is 0 Å². The number of methoxy groups -OCH3 is 1. The lowest BCUT2D eigenvalue weighted by Crippen LogP contribution is -2.48. The number of aliphatic hydroxyl groups excluding tert-OH is 1. The zero-order chi connectivity index (χ0) is 32.6. The number of nitrogens with zero attached hydrogens (tertiary/aromatic N) is 1. The molecule has 3 aliphatic heterocycles. The molecule has 6 rings (SSSR count). The van der Waals surface area contributed by atoms with Crippen molar-refractivity contribution in [3.05, 3.63) is 101 Å². The van der Waals surface area contributed by atoms with E-state index in [9.17, 15) is 14.7 Å². The van der Waals surface area contributed by atoms with Crippen molar-refractivity contribution in [1.29, 1.82) is 0 Å².